The monoisotopic (exact) mass is 399 g/mol. The number of amides is 1. The summed E-state index contributed by atoms with van der Waals surface area (Å²) in [6.45, 7) is 10.9. The standard InChI is InChI=1S/C23H33N3O3/c1-6-10-26-16(3)11-19(18(26)5)12-20(13-24)23(28)29-14-22(27)25-21-9-7-8-15(2)17(21)4/h11-12,15,17,21H,6-10,14H2,1-5H3,(H,25,27)/b20-12+. The van der Waals surface area contributed by atoms with Crippen LogP contribution in [0.5, 0.6) is 0 Å². The van der Waals surface area contributed by atoms with Gasteiger partial charge >= 0.3 is 5.97 Å². The SMILES string of the molecule is CCCn1c(C)cc(/C=C(\C#N)C(=O)OCC(=O)NC2CCCC(C)C2C)c1C. The fourth-order valence-electron chi connectivity index (χ4n) is 4.08. The fourth-order valence-corrected chi connectivity index (χ4v) is 4.08. The maximum Gasteiger partial charge on any atom is 0.349 e. The molecule has 1 aromatic rings. The van der Waals surface area contributed by atoms with E-state index in [1.165, 1.54) is 6.42 Å². The van der Waals surface area contributed by atoms with Crippen LogP contribution in [0.15, 0.2) is 11.6 Å². The number of aromatic nitrogens is 1. The Morgan fingerprint density at radius 2 is 2.07 bits per heavy atom. The summed E-state index contributed by atoms with van der Waals surface area (Å²) in [5, 5.41) is 12.4. The number of carbonyl (C=O) groups excluding carboxylic acids is 2. The Morgan fingerprint density at radius 3 is 2.72 bits per heavy atom. The van der Waals surface area contributed by atoms with Crippen LogP contribution < -0.4 is 5.32 Å². The molecule has 0 bridgehead atoms. The number of hydrogen-bond donors (Lipinski definition) is 1. The van der Waals surface area contributed by atoms with Crippen LogP contribution in [0.25, 0.3) is 6.08 Å². The Bertz CT molecular complexity index is 816. The Labute approximate surface area is 173 Å². The second-order valence-electron chi connectivity index (χ2n) is 8.17. The predicted octanol–water partition coefficient (Wildman–Crippen LogP) is 3.91. The molecule has 1 aliphatic rings. The third kappa shape index (κ3) is 5.72. The van der Waals surface area contributed by atoms with Gasteiger partial charge in [-0.15, -0.1) is 0 Å². The van der Waals surface area contributed by atoms with Gasteiger partial charge in [0.1, 0.15) is 11.6 Å². The van der Waals surface area contributed by atoms with Crippen LogP contribution in [0.1, 0.15) is 63.4 Å². The lowest BCUT2D eigenvalue weighted by atomic mass is 9.78. The summed E-state index contributed by atoms with van der Waals surface area (Å²) in [4.78, 5) is 24.5. The van der Waals surface area contributed by atoms with Crippen LogP contribution in [-0.2, 0) is 20.9 Å². The first-order valence-corrected chi connectivity index (χ1v) is 10.5. The summed E-state index contributed by atoms with van der Waals surface area (Å²) in [6.07, 6.45) is 5.76. The molecule has 0 saturated heterocycles. The van der Waals surface area contributed by atoms with Gasteiger partial charge in [-0.25, -0.2) is 4.79 Å². The maximum absolute atomic E-state index is 12.3. The molecule has 6 heteroatoms. The molecule has 0 radical (unpaired) electrons. The van der Waals surface area contributed by atoms with E-state index in [0.717, 1.165) is 42.8 Å². The quantitative estimate of drug-likeness (QED) is 0.428. The lowest BCUT2D eigenvalue weighted by molar-refractivity contribution is -0.144. The number of nitrogens with one attached hydrogen (secondary N) is 1. The molecular weight excluding hydrogens is 366 g/mol. The minimum absolute atomic E-state index is 0.103. The minimum Gasteiger partial charge on any atom is -0.451 e. The van der Waals surface area contributed by atoms with E-state index in [9.17, 15) is 14.9 Å². The smallest absolute Gasteiger partial charge is 0.349 e. The van der Waals surface area contributed by atoms with Gasteiger partial charge in [-0.2, -0.15) is 5.26 Å². The average molecular weight is 400 g/mol. The van der Waals surface area contributed by atoms with Crippen LogP contribution in [0, 0.1) is 37.0 Å². The largest absolute Gasteiger partial charge is 0.451 e. The van der Waals surface area contributed by atoms with Crippen LogP contribution in [-0.4, -0.2) is 29.1 Å². The van der Waals surface area contributed by atoms with Crippen molar-refractivity contribution < 1.29 is 14.3 Å². The topological polar surface area (TPSA) is 84.1 Å². The summed E-state index contributed by atoms with van der Waals surface area (Å²) in [7, 11) is 0. The molecule has 1 aromatic heterocycles. The van der Waals surface area contributed by atoms with Crippen molar-refractivity contribution in [1.82, 2.24) is 9.88 Å². The average Bonchev–Trinajstić information content (AvgIpc) is 2.95. The number of ether oxygens (including phenoxy) is 1. The molecule has 1 amide bonds. The summed E-state index contributed by atoms with van der Waals surface area (Å²) in [6, 6.07) is 3.97. The van der Waals surface area contributed by atoms with Crippen LogP contribution >= 0.6 is 0 Å². The van der Waals surface area contributed by atoms with Gasteiger partial charge in [-0.3, -0.25) is 4.79 Å². The van der Waals surface area contributed by atoms with Gasteiger partial charge in [0.15, 0.2) is 6.61 Å². The number of nitrogens with zero attached hydrogens (tertiary/aromatic N) is 2. The number of nitriles is 1. The number of carbonyl (C=O) groups is 2. The first kappa shape index (κ1) is 22.7. The van der Waals surface area contributed by atoms with Gasteiger partial charge in [0.05, 0.1) is 0 Å². The molecule has 3 unspecified atom stereocenters. The Morgan fingerprint density at radius 1 is 1.34 bits per heavy atom. The van der Waals surface area contributed by atoms with Crippen LogP contribution in [0.4, 0.5) is 0 Å². The second kappa shape index (κ2) is 10.3. The van der Waals surface area contributed by atoms with Gasteiger partial charge < -0.3 is 14.6 Å². The zero-order chi connectivity index (χ0) is 21.6. The molecule has 0 aliphatic heterocycles. The summed E-state index contributed by atoms with van der Waals surface area (Å²) >= 11 is 0. The first-order chi connectivity index (χ1) is 13.8. The van der Waals surface area contributed by atoms with E-state index in [0.29, 0.717) is 11.8 Å². The predicted molar refractivity (Wildman–Crippen MR) is 113 cm³/mol. The molecule has 6 nitrogen and oxygen atoms in total. The molecule has 158 valence electrons. The van der Waals surface area contributed by atoms with Gasteiger partial charge in [0.25, 0.3) is 5.91 Å². The van der Waals surface area contributed by atoms with Crippen molar-refractivity contribution in [3.8, 4) is 6.07 Å². The third-order valence-corrected chi connectivity index (χ3v) is 6.09. The van der Waals surface area contributed by atoms with E-state index < -0.39 is 5.97 Å². The molecule has 3 atom stereocenters. The molecule has 0 spiro atoms. The van der Waals surface area contributed by atoms with E-state index in [-0.39, 0.29) is 24.1 Å². The third-order valence-electron chi connectivity index (χ3n) is 6.09. The number of esters is 1. The van der Waals surface area contributed by atoms with Crippen molar-refractivity contribution in [3.05, 3.63) is 28.6 Å². The van der Waals surface area contributed by atoms with Gasteiger partial charge in [0, 0.05) is 24.0 Å². The van der Waals surface area contributed by atoms with E-state index in [2.05, 4.69) is 30.7 Å². The molecule has 1 aliphatic carbocycles. The molecule has 0 aromatic carbocycles. The van der Waals surface area contributed by atoms with Crippen molar-refractivity contribution in [1.29, 1.82) is 5.26 Å². The van der Waals surface area contributed by atoms with E-state index in [1.54, 1.807) is 6.08 Å². The highest BCUT2D eigenvalue weighted by molar-refractivity contribution is 5.99. The molecule has 29 heavy (non-hydrogen) atoms. The van der Waals surface area contributed by atoms with Crippen molar-refractivity contribution in [2.24, 2.45) is 11.8 Å². The highest BCUT2D eigenvalue weighted by Gasteiger charge is 2.28. The van der Waals surface area contributed by atoms with Crippen LogP contribution in [0.2, 0.25) is 0 Å². The normalized spacial score (nSPS) is 22.1. The minimum atomic E-state index is -0.770. The molecule has 1 N–H and O–H groups in total. The highest BCUT2D eigenvalue weighted by Crippen LogP contribution is 2.29. The van der Waals surface area contributed by atoms with E-state index >= 15 is 0 Å². The molecule has 1 fully saturated rings. The Kier molecular flexibility index (Phi) is 8.07. The molecule has 1 saturated carbocycles. The van der Waals surface area contributed by atoms with E-state index in [4.69, 9.17) is 4.74 Å². The zero-order valence-corrected chi connectivity index (χ0v) is 18.2. The number of hydrogen-bond acceptors (Lipinski definition) is 4. The fraction of sp³-hybridized carbons (Fsp3) is 0.609. The number of rotatable bonds is 7. The molecular formula is C23H33N3O3. The Hall–Kier alpha value is -2.55. The van der Waals surface area contributed by atoms with E-state index in [1.807, 2.05) is 26.0 Å². The van der Waals surface area contributed by atoms with Gasteiger partial charge in [0.2, 0.25) is 0 Å². The summed E-state index contributed by atoms with van der Waals surface area (Å²) in [5.74, 6) is -0.122. The lowest BCUT2D eigenvalue weighted by Crippen LogP contribution is -2.45. The van der Waals surface area contributed by atoms with Crippen molar-refractivity contribution in [2.75, 3.05) is 6.61 Å². The van der Waals surface area contributed by atoms with Crippen molar-refractivity contribution in [2.45, 2.75) is 72.9 Å². The van der Waals surface area contributed by atoms with Crippen molar-refractivity contribution >= 4 is 18.0 Å². The highest BCUT2D eigenvalue weighted by atomic mass is 16.5. The maximum atomic E-state index is 12.3. The Balaban J connectivity index is 1.98. The summed E-state index contributed by atoms with van der Waals surface area (Å²) < 4.78 is 7.27. The second-order valence-corrected chi connectivity index (χ2v) is 8.17. The van der Waals surface area contributed by atoms with Crippen molar-refractivity contribution in [3.63, 3.8) is 0 Å². The summed E-state index contributed by atoms with van der Waals surface area (Å²) in [5.41, 5.74) is 2.80. The molecule has 2 rings (SSSR count). The first-order valence-electron chi connectivity index (χ1n) is 10.5. The van der Waals surface area contributed by atoms with Crippen LogP contribution in [0.3, 0.4) is 0 Å². The van der Waals surface area contributed by atoms with Gasteiger partial charge in [-0.1, -0.05) is 33.6 Å². The molecule has 1 heterocycles. The number of aryl methyl sites for hydroxylation is 1. The van der Waals surface area contributed by atoms with Gasteiger partial charge in [-0.05, 0) is 56.2 Å². The lowest BCUT2D eigenvalue weighted by Gasteiger charge is -2.34. The zero-order valence-electron chi connectivity index (χ0n) is 18.2.